The first-order chi connectivity index (χ1) is 33.5. The van der Waals surface area contributed by atoms with Gasteiger partial charge in [0.05, 0.1) is 34.1 Å². The van der Waals surface area contributed by atoms with E-state index in [1.165, 1.54) is 0 Å². The largest absolute Gasteiger partial charge is 0.473 e. The van der Waals surface area contributed by atoms with Crippen LogP contribution < -0.4 is 65.1 Å². The van der Waals surface area contributed by atoms with E-state index < -0.39 is 47.4 Å². The number of anilines is 6. The molecule has 14 N–H and O–H groups in total. The molecule has 0 aliphatic rings. The molecule has 0 saturated heterocycles. The molecule has 6 rings (SSSR count). The summed E-state index contributed by atoms with van der Waals surface area (Å²) in [7, 11) is 0. The minimum absolute atomic E-state index is 0.685. The molecular formula is C48H52N12O10. The fourth-order valence-electron chi connectivity index (χ4n) is 5.02. The van der Waals surface area contributed by atoms with Crippen molar-refractivity contribution < 1.29 is 48.6 Å². The van der Waals surface area contributed by atoms with Crippen LogP contribution in [0.15, 0.2) is 158 Å². The van der Waals surface area contributed by atoms with Crippen LogP contribution in [0.2, 0.25) is 0 Å². The number of amides is 6. The van der Waals surface area contributed by atoms with Crippen LogP contribution in [0.25, 0.3) is 0 Å². The molecule has 0 aliphatic carbocycles. The molecule has 0 fully saturated rings. The summed E-state index contributed by atoms with van der Waals surface area (Å²) in [6.07, 6.45) is 0. The molecule has 0 aromatic heterocycles. The average Bonchev–Trinajstić information content (AvgIpc) is 3.36. The summed E-state index contributed by atoms with van der Waals surface area (Å²) in [5.41, 5.74) is 38.3. The predicted molar refractivity (Wildman–Crippen MR) is 263 cm³/mol. The fourth-order valence-corrected chi connectivity index (χ4v) is 5.02. The van der Waals surface area contributed by atoms with Gasteiger partial charge in [0.15, 0.2) is 0 Å². The minimum Gasteiger partial charge on any atom is -0.473 e. The number of hydrogen-bond acceptors (Lipinski definition) is 14. The summed E-state index contributed by atoms with van der Waals surface area (Å²) < 4.78 is 0. The quantitative estimate of drug-likeness (QED) is 0.0604. The number of aryl methyl sites for hydroxylation is 4. The van der Waals surface area contributed by atoms with Crippen molar-refractivity contribution in [2.24, 2.45) is 0 Å². The van der Waals surface area contributed by atoms with Gasteiger partial charge in [-0.2, -0.15) is 0 Å². The zero-order chi connectivity index (χ0) is 51.3. The first-order valence-electron chi connectivity index (χ1n) is 20.7. The number of rotatable bonds is 12. The van der Waals surface area contributed by atoms with E-state index in [-0.39, 0.29) is 0 Å². The number of nitrogens with one attached hydrogen (secondary N) is 12. The van der Waals surface area contributed by atoms with Crippen LogP contribution in [0.5, 0.6) is 0 Å². The molecule has 0 bridgehead atoms. The molecule has 0 aliphatic heterocycles. The van der Waals surface area contributed by atoms with E-state index >= 15 is 0 Å². The number of benzene rings is 6. The highest BCUT2D eigenvalue weighted by Crippen LogP contribution is 2.13. The molecule has 0 spiro atoms. The van der Waals surface area contributed by atoms with Crippen molar-refractivity contribution in [2.75, 3.05) is 32.6 Å². The molecule has 6 amide bonds. The number of aliphatic carboxylic acids is 2. The highest BCUT2D eigenvalue weighted by Gasteiger charge is 2.15. The summed E-state index contributed by atoms with van der Waals surface area (Å²) in [6, 6.07) is 47.7. The van der Waals surface area contributed by atoms with Gasteiger partial charge < -0.3 is 10.2 Å². The Hall–Kier alpha value is -10.1. The maximum Gasteiger partial charge on any atom is 0.414 e. The molecule has 0 atom stereocenters. The normalized spacial score (nSPS) is 9.43. The topological polar surface area (TPSA) is 321 Å². The molecule has 0 radical (unpaired) electrons. The van der Waals surface area contributed by atoms with E-state index in [0.29, 0.717) is 22.7 Å². The van der Waals surface area contributed by atoms with Gasteiger partial charge in [-0.1, -0.05) is 97.1 Å². The van der Waals surface area contributed by atoms with E-state index in [2.05, 4.69) is 65.1 Å². The van der Waals surface area contributed by atoms with Gasteiger partial charge >= 0.3 is 47.4 Å². The van der Waals surface area contributed by atoms with Crippen LogP contribution in [0, 0.1) is 27.7 Å². The fraction of sp³-hybridized carbons (Fsp3) is 0.0833. The number of carbonyl (C=O) groups is 8. The number of hydrogen-bond donors (Lipinski definition) is 14. The Morgan fingerprint density at radius 3 is 0.843 bits per heavy atom. The monoisotopic (exact) mass is 956 g/mol. The van der Waals surface area contributed by atoms with Crippen molar-refractivity contribution in [1.29, 1.82) is 0 Å². The first-order valence-corrected chi connectivity index (χ1v) is 20.7. The Morgan fingerprint density at radius 1 is 0.300 bits per heavy atom. The molecule has 22 heteroatoms. The van der Waals surface area contributed by atoms with Crippen LogP contribution in [0.1, 0.15) is 22.3 Å². The number of carboxylic acids is 2. The van der Waals surface area contributed by atoms with Crippen LogP contribution in [0.4, 0.5) is 34.1 Å². The Balaban J connectivity index is 0.000000262. The lowest BCUT2D eigenvalue weighted by atomic mass is 10.2. The van der Waals surface area contributed by atoms with Crippen LogP contribution in [-0.4, -0.2) is 57.6 Å². The molecule has 6 aromatic rings. The van der Waals surface area contributed by atoms with Gasteiger partial charge in [0, 0.05) is 0 Å². The zero-order valence-electron chi connectivity index (χ0n) is 38.2. The van der Waals surface area contributed by atoms with Crippen molar-refractivity contribution in [2.45, 2.75) is 27.7 Å². The van der Waals surface area contributed by atoms with Gasteiger partial charge in [0.2, 0.25) is 0 Å². The Bertz CT molecular complexity index is 2520. The highest BCUT2D eigenvalue weighted by molar-refractivity contribution is 6.36. The lowest BCUT2D eigenvalue weighted by Crippen LogP contribution is -2.44. The molecule has 0 heterocycles. The maximum atomic E-state index is 11.7. The van der Waals surface area contributed by atoms with Crippen molar-refractivity contribution in [3.63, 3.8) is 0 Å². The van der Waals surface area contributed by atoms with Crippen molar-refractivity contribution in [3.8, 4) is 0 Å². The lowest BCUT2D eigenvalue weighted by Gasteiger charge is -2.12. The predicted octanol–water partition coefficient (Wildman–Crippen LogP) is 4.21. The Kier molecular flexibility index (Phi) is 22.8. The van der Waals surface area contributed by atoms with E-state index in [0.717, 1.165) is 33.6 Å². The zero-order valence-corrected chi connectivity index (χ0v) is 38.2. The van der Waals surface area contributed by atoms with Crippen LogP contribution in [0.3, 0.4) is 0 Å². The third-order valence-electron chi connectivity index (χ3n) is 8.58. The third kappa shape index (κ3) is 21.2. The Morgan fingerprint density at radius 2 is 0.557 bits per heavy atom. The summed E-state index contributed by atoms with van der Waals surface area (Å²) in [5, 5.41) is 14.8. The van der Waals surface area contributed by atoms with Gasteiger partial charge in [-0.05, 0) is 111 Å². The van der Waals surface area contributed by atoms with Gasteiger partial charge in [-0.25, -0.2) is 9.59 Å². The molecule has 70 heavy (non-hydrogen) atoms. The second-order valence-electron chi connectivity index (χ2n) is 14.2. The molecule has 6 aromatic carbocycles. The van der Waals surface area contributed by atoms with Gasteiger partial charge in [-0.3, -0.25) is 93.9 Å². The Labute approximate surface area is 401 Å². The second kappa shape index (κ2) is 29.4. The summed E-state index contributed by atoms with van der Waals surface area (Å²) in [5.74, 6) is -8.39. The maximum absolute atomic E-state index is 11.7. The number of carbonyl (C=O) groups excluding carboxylic acids is 6. The molecule has 0 unspecified atom stereocenters. The molecule has 364 valence electrons. The number of para-hydroxylation sites is 4. The minimum atomic E-state index is -1.82. The van der Waals surface area contributed by atoms with Crippen LogP contribution in [-0.2, 0) is 38.4 Å². The van der Waals surface area contributed by atoms with Crippen molar-refractivity contribution >= 4 is 81.5 Å². The third-order valence-corrected chi connectivity index (χ3v) is 8.58. The smallest absolute Gasteiger partial charge is 0.414 e. The standard InChI is InChI=1S/2C16H18N4O2.C14H14N4O2.C2H2O4/c1-11-5-3-7-13(9-11)17-19-15(21)16(22)20-18-14-8-4-6-12(2)10-14;1-11-7-3-5-9-13(11)17-19-15(21)16(22)20-18-14-10-6-4-8-12(14)2;19-13(17-15-11-7-3-1-4-8-11)14(20)18-16-12-9-5-2-6-10-12;3-1(4)2(5)6/h2*3-10,17-18H,1-2H3,(H,19,21)(H,20,22);1-10,15-16H,(H,17,19)(H,18,20);(H,3,4)(H,5,6). The van der Waals surface area contributed by atoms with E-state index in [4.69, 9.17) is 19.8 Å². The second-order valence-corrected chi connectivity index (χ2v) is 14.2. The summed E-state index contributed by atoms with van der Waals surface area (Å²) >= 11 is 0. The summed E-state index contributed by atoms with van der Waals surface area (Å²) in [4.78, 5) is 88.0. The average molecular weight is 957 g/mol. The van der Waals surface area contributed by atoms with Crippen molar-refractivity contribution in [1.82, 2.24) is 32.6 Å². The molecule has 22 nitrogen and oxygen atoms in total. The number of hydrazine groups is 6. The van der Waals surface area contributed by atoms with E-state index in [1.807, 2.05) is 137 Å². The lowest BCUT2D eigenvalue weighted by molar-refractivity contribution is -0.159. The number of carboxylic acid groups (broad SMARTS) is 2. The van der Waals surface area contributed by atoms with E-state index in [1.54, 1.807) is 48.5 Å². The first kappa shape index (κ1) is 54.2. The molecular weight excluding hydrogens is 905 g/mol. The van der Waals surface area contributed by atoms with Gasteiger partial charge in [0.1, 0.15) is 0 Å². The van der Waals surface area contributed by atoms with Gasteiger partial charge in [0.25, 0.3) is 0 Å². The highest BCUT2D eigenvalue weighted by atomic mass is 16.4. The SMILES string of the molecule is Cc1cccc(NNC(=O)C(=O)NNc2cccc(C)c2)c1.Cc1ccccc1NNC(=O)C(=O)NNc1ccccc1C.O=C(NNc1ccccc1)C(=O)NNc1ccccc1.O=C(O)C(=O)O. The van der Waals surface area contributed by atoms with Crippen LogP contribution >= 0.6 is 0 Å². The van der Waals surface area contributed by atoms with Crippen molar-refractivity contribution in [3.05, 3.63) is 180 Å². The van der Waals surface area contributed by atoms with Gasteiger partial charge in [-0.15, -0.1) is 0 Å². The van der Waals surface area contributed by atoms with E-state index in [9.17, 15) is 28.8 Å². The molecule has 0 saturated carbocycles. The summed E-state index contributed by atoms with van der Waals surface area (Å²) in [6.45, 7) is 7.67.